The standard InChI is InChI=1S/C23H23N5/c1-5-18(12-17(3)27(4)21-6-9-24-13-16(21)2)28-22-7-10-25-14-19(22)20-15-26-11-8-23(20)28/h5-15H,1-4H3/b17-12+,18-5+. The molecule has 4 aromatic rings. The Kier molecular flexibility index (Phi) is 4.65. The normalized spacial score (nSPS) is 12.7. The van der Waals surface area contributed by atoms with E-state index in [9.17, 15) is 0 Å². The van der Waals surface area contributed by atoms with Gasteiger partial charge in [-0.05, 0) is 50.6 Å². The topological polar surface area (TPSA) is 46.8 Å². The van der Waals surface area contributed by atoms with E-state index in [1.54, 1.807) is 0 Å². The fourth-order valence-corrected chi connectivity index (χ4v) is 3.61. The summed E-state index contributed by atoms with van der Waals surface area (Å²) in [5, 5.41) is 2.21. The van der Waals surface area contributed by atoms with Gasteiger partial charge in [-0.3, -0.25) is 15.0 Å². The second kappa shape index (κ2) is 7.27. The SMILES string of the molecule is C/C=C(\C=C(/C)N(C)c1ccncc1C)n1c2ccncc2c2cnccc21. The molecular formula is C23H23N5. The molecule has 0 N–H and O–H groups in total. The highest BCUT2D eigenvalue weighted by Gasteiger charge is 2.13. The summed E-state index contributed by atoms with van der Waals surface area (Å²) in [4.78, 5) is 15.0. The van der Waals surface area contributed by atoms with Crippen molar-refractivity contribution in [2.24, 2.45) is 0 Å². The van der Waals surface area contributed by atoms with Crippen LogP contribution in [-0.2, 0) is 0 Å². The van der Waals surface area contributed by atoms with Crippen molar-refractivity contribution in [3.8, 4) is 0 Å². The van der Waals surface area contributed by atoms with Crippen molar-refractivity contribution in [3.63, 3.8) is 0 Å². The predicted octanol–water partition coefficient (Wildman–Crippen LogP) is 5.19. The van der Waals surface area contributed by atoms with Crippen molar-refractivity contribution in [3.05, 3.63) is 78.8 Å². The molecule has 0 atom stereocenters. The Balaban J connectivity index is 1.86. The molecule has 4 aromatic heterocycles. The van der Waals surface area contributed by atoms with Crippen molar-refractivity contribution in [2.75, 3.05) is 11.9 Å². The highest BCUT2D eigenvalue weighted by Crippen LogP contribution is 2.31. The van der Waals surface area contributed by atoms with E-state index < -0.39 is 0 Å². The number of hydrogen-bond acceptors (Lipinski definition) is 4. The van der Waals surface area contributed by atoms with Crippen LogP contribution in [0.4, 0.5) is 5.69 Å². The molecule has 0 aliphatic carbocycles. The van der Waals surface area contributed by atoms with Gasteiger partial charge in [0.1, 0.15) is 0 Å². The summed E-state index contributed by atoms with van der Waals surface area (Å²) in [5.74, 6) is 0. The fraction of sp³-hybridized carbons (Fsp3) is 0.174. The van der Waals surface area contributed by atoms with E-state index in [1.807, 2.05) is 43.2 Å². The number of fused-ring (bicyclic) bond motifs is 3. The van der Waals surface area contributed by atoms with Gasteiger partial charge in [-0.25, -0.2) is 0 Å². The van der Waals surface area contributed by atoms with E-state index in [1.165, 1.54) is 0 Å². The molecule has 0 spiro atoms. The largest absolute Gasteiger partial charge is 0.348 e. The van der Waals surface area contributed by atoms with E-state index in [0.717, 1.165) is 44.5 Å². The quantitative estimate of drug-likeness (QED) is 0.465. The molecule has 0 bridgehead atoms. The lowest BCUT2D eigenvalue weighted by Gasteiger charge is -2.22. The molecule has 0 aromatic carbocycles. The van der Waals surface area contributed by atoms with Gasteiger partial charge in [0.05, 0.1) is 11.0 Å². The van der Waals surface area contributed by atoms with Crippen LogP contribution < -0.4 is 4.90 Å². The van der Waals surface area contributed by atoms with Crippen molar-refractivity contribution >= 4 is 33.2 Å². The summed E-state index contributed by atoms with van der Waals surface area (Å²) in [6, 6.07) is 6.15. The minimum Gasteiger partial charge on any atom is -0.348 e. The summed E-state index contributed by atoms with van der Waals surface area (Å²) >= 11 is 0. The van der Waals surface area contributed by atoms with Gasteiger partial charge in [-0.1, -0.05) is 6.08 Å². The Labute approximate surface area is 164 Å². The Morgan fingerprint density at radius 2 is 1.50 bits per heavy atom. The van der Waals surface area contributed by atoms with Gasteiger partial charge in [0.15, 0.2) is 0 Å². The maximum atomic E-state index is 4.31. The second-order valence-electron chi connectivity index (χ2n) is 6.84. The Morgan fingerprint density at radius 3 is 2.07 bits per heavy atom. The summed E-state index contributed by atoms with van der Waals surface area (Å²) in [5.41, 5.74) is 6.79. The van der Waals surface area contributed by atoms with E-state index in [0.29, 0.717) is 0 Å². The molecular weight excluding hydrogens is 346 g/mol. The first-order chi connectivity index (χ1) is 13.6. The number of allylic oxidation sites excluding steroid dienone is 4. The lowest BCUT2D eigenvalue weighted by atomic mass is 10.2. The molecule has 0 unspecified atom stereocenters. The molecule has 4 heterocycles. The van der Waals surface area contributed by atoms with Crippen LogP contribution in [-0.4, -0.2) is 26.6 Å². The number of anilines is 1. The first-order valence-corrected chi connectivity index (χ1v) is 9.29. The average molecular weight is 369 g/mol. The lowest BCUT2D eigenvalue weighted by molar-refractivity contribution is 1.06. The molecule has 0 saturated heterocycles. The van der Waals surface area contributed by atoms with Gasteiger partial charge in [-0.15, -0.1) is 0 Å². The third kappa shape index (κ3) is 2.95. The molecule has 0 amide bonds. The Morgan fingerprint density at radius 1 is 0.929 bits per heavy atom. The van der Waals surface area contributed by atoms with Crippen LogP contribution in [0.1, 0.15) is 19.4 Å². The smallest absolute Gasteiger partial charge is 0.0572 e. The molecule has 0 radical (unpaired) electrons. The highest BCUT2D eigenvalue weighted by atomic mass is 15.1. The minimum absolute atomic E-state index is 1.11. The maximum Gasteiger partial charge on any atom is 0.0572 e. The van der Waals surface area contributed by atoms with Crippen molar-refractivity contribution < 1.29 is 0 Å². The number of nitrogens with zero attached hydrogens (tertiary/aromatic N) is 5. The monoisotopic (exact) mass is 369 g/mol. The van der Waals surface area contributed by atoms with Gasteiger partial charge in [0, 0.05) is 72.1 Å². The number of pyridine rings is 3. The third-order valence-corrected chi connectivity index (χ3v) is 5.16. The summed E-state index contributed by atoms with van der Waals surface area (Å²) in [6.45, 7) is 6.27. The van der Waals surface area contributed by atoms with Crippen LogP contribution in [0.25, 0.3) is 27.5 Å². The van der Waals surface area contributed by atoms with Gasteiger partial charge in [-0.2, -0.15) is 0 Å². The van der Waals surface area contributed by atoms with E-state index in [2.05, 4.69) is 76.5 Å². The molecule has 0 aliphatic rings. The Bertz CT molecular complexity index is 1160. The van der Waals surface area contributed by atoms with Crippen molar-refractivity contribution in [2.45, 2.75) is 20.8 Å². The van der Waals surface area contributed by atoms with Crippen LogP contribution >= 0.6 is 0 Å². The predicted molar refractivity (Wildman–Crippen MR) is 116 cm³/mol. The number of aryl methyl sites for hydroxylation is 1. The number of rotatable bonds is 4. The summed E-state index contributed by atoms with van der Waals surface area (Å²) < 4.78 is 2.27. The summed E-state index contributed by atoms with van der Waals surface area (Å²) in [6.07, 6.45) is 15.6. The van der Waals surface area contributed by atoms with Crippen molar-refractivity contribution in [1.82, 2.24) is 19.5 Å². The molecule has 5 heteroatoms. The maximum absolute atomic E-state index is 4.31. The zero-order valence-corrected chi connectivity index (χ0v) is 16.6. The third-order valence-electron chi connectivity index (χ3n) is 5.16. The van der Waals surface area contributed by atoms with Crippen LogP contribution in [0.5, 0.6) is 0 Å². The summed E-state index contributed by atoms with van der Waals surface area (Å²) in [7, 11) is 2.08. The van der Waals surface area contributed by atoms with Crippen LogP contribution in [0.15, 0.2) is 73.2 Å². The van der Waals surface area contributed by atoms with Gasteiger partial charge in [0.2, 0.25) is 0 Å². The van der Waals surface area contributed by atoms with Crippen LogP contribution in [0.2, 0.25) is 0 Å². The first kappa shape index (κ1) is 17.9. The zero-order chi connectivity index (χ0) is 19.7. The van der Waals surface area contributed by atoms with Gasteiger partial charge < -0.3 is 9.47 Å². The Hall–Kier alpha value is -3.47. The van der Waals surface area contributed by atoms with Crippen molar-refractivity contribution in [1.29, 1.82) is 0 Å². The number of hydrogen-bond donors (Lipinski definition) is 0. The average Bonchev–Trinajstić information content (AvgIpc) is 3.06. The molecule has 0 saturated carbocycles. The van der Waals surface area contributed by atoms with E-state index in [4.69, 9.17) is 0 Å². The minimum atomic E-state index is 1.11. The lowest BCUT2D eigenvalue weighted by Crippen LogP contribution is -2.16. The molecule has 5 nitrogen and oxygen atoms in total. The molecule has 0 fully saturated rings. The highest BCUT2D eigenvalue weighted by molar-refractivity contribution is 6.09. The van der Waals surface area contributed by atoms with Gasteiger partial charge >= 0.3 is 0 Å². The fourth-order valence-electron chi connectivity index (χ4n) is 3.61. The van der Waals surface area contributed by atoms with E-state index >= 15 is 0 Å². The van der Waals surface area contributed by atoms with Crippen LogP contribution in [0.3, 0.4) is 0 Å². The zero-order valence-electron chi connectivity index (χ0n) is 16.6. The first-order valence-electron chi connectivity index (χ1n) is 9.29. The molecule has 0 aliphatic heterocycles. The number of aromatic nitrogens is 4. The van der Waals surface area contributed by atoms with E-state index in [-0.39, 0.29) is 0 Å². The molecule has 4 rings (SSSR count). The molecule has 28 heavy (non-hydrogen) atoms. The van der Waals surface area contributed by atoms with Crippen LogP contribution in [0, 0.1) is 6.92 Å². The van der Waals surface area contributed by atoms with Gasteiger partial charge in [0.25, 0.3) is 0 Å². The second-order valence-corrected chi connectivity index (χ2v) is 6.84. The molecule has 140 valence electrons.